The normalized spacial score (nSPS) is 9.96. The molecule has 24 heavy (non-hydrogen) atoms. The average molecular weight is 389 g/mol. The average Bonchev–Trinajstić information content (AvgIpc) is 2.55. The van der Waals surface area contributed by atoms with Gasteiger partial charge in [-0.25, -0.2) is 0 Å². The zero-order valence-electron chi connectivity index (χ0n) is 13.4. The Morgan fingerprint density at radius 1 is 1.12 bits per heavy atom. The monoisotopic (exact) mass is 387 g/mol. The van der Waals surface area contributed by atoms with Crippen molar-refractivity contribution in [1.29, 1.82) is 0 Å². The van der Waals surface area contributed by atoms with Crippen LogP contribution in [0.15, 0.2) is 49.1 Å². The lowest BCUT2D eigenvalue weighted by Crippen LogP contribution is -2.12. The maximum Gasteiger partial charge on any atom is 0.161 e. The fourth-order valence-corrected chi connectivity index (χ4v) is 2.59. The number of hydrogen-bond acceptors (Lipinski definition) is 3. The Hall–Kier alpha value is -1.39. The Kier molecular flexibility index (Phi) is 9.01. The summed E-state index contributed by atoms with van der Waals surface area (Å²) in [7, 11) is 1.62. The molecule has 2 aromatic rings. The second kappa shape index (κ2) is 10.5. The number of methoxy groups -OCH3 is 1. The van der Waals surface area contributed by atoms with Gasteiger partial charge in [0.15, 0.2) is 11.5 Å². The van der Waals surface area contributed by atoms with Crippen LogP contribution < -0.4 is 14.8 Å². The maximum absolute atomic E-state index is 6.15. The highest BCUT2D eigenvalue weighted by Crippen LogP contribution is 2.31. The van der Waals surface area contributed by atoms with E-state index in [0.717, 1.165) is 24.2 Å². The molecule has 2 aromatic carbocycles. The van der Waals surface area contributed by atoms with Crippen LogP contribution in [0.25, 0.3) is 0 Å². The lowest BCUT2D eigenvalue weighted by Gasteiger charge is -2.14. The summed E-state index contributed by atoms with van der Waals surface area (Å²) in [6, 6.07) is 11.2. The smallest absolute Gasteiger partial charge is 0.161 e. The van der Waals surface area contributed by atoms with Gasteiger partial charge in [0.2, 0.25) is 0 Å². The van der Waals surface area contributed by atoms with E-state index in [1.54, 1.807) is 25.3 Å². The summed E-state index contributed by atoms with van der Waals surface area (Å²) in [5, 5.41) is 4.42. The first-order valence-electron chi connectivity index (χ1n) is 7.20. The lowest BCUT2D eigenvalue weighted by molar-refractivity contribution is 0.284. The third-order valence-electron chi connectivity index (χ3n) is 3.28. The Balaban J connectivity index is 0.00000288. The standard InChI is InChI=1S/C18H19Cl2NO2.ClH/c1-3-9-21-11-13-7-8-17(18(10-13)22-2)23-12-14-15(19)5-4-6-16(14)20;/h3-8,10,21H,1,9,11-12H2,2H3;1H. The highest BCUT2D eigenvalue weighted by Gasteiger charge is 2.10. The first-order valence-corrected chi connectivity index (χ1v) is 7.95. The second-order valence-electron chi connectivity index (χ2n) is 4.89. The fourth-order valence-electron chi connectivity index (χ4n) is 2.08. The predicted octanol–water partition coefficient (Wildman–Crippen LogP) is 5.28. The molecule has 2 rings (SSSR count). The molecule has 0 amide bonds. The van der Waals surface area contributed by atoms with Crippen LogP contribution in [0.3, 0.4) is 0 Å². The zero-order valence-corrected chi connectivity index (χ0v) is 15.7. The summed E-state index contributed by atoms with van der Waals surface area (Å²) >= 11 is 12.3. The molecule has 6 heteroatoms. The minimum absolute atomic E-state index is 0. The van der Waals surface area contributed by atoms with Gasteiger partial charge in [-0.1, -0.05) is 41.4 Å². The van der Waals surface area contributed by atoms with E-state index in [4.69, 9.17) is 32.7 Å². The van der Waals surface area contributed by atoms with Gasteiger partial charge in [0.1, 0.15) is 6.61 Å². The summed E-state index contributed by atoms with van der Waals surface area (Å²) in [6.07, 6.45) is 1.82. The van der Waals surface area contributed by atoms with Crippen molar-refractivity contribution in [2.75, 3.05) is 13.7 Å². The van der Waals surface area contributed by atoms with Crippen LogP contribution in [0.2, 0.25) is 10.0 Å². The van der Waals surface area contributed by atoms with E-state index >= 15 is 0 Å². The molecule has 0 saturated carbocycles. The van der Waals surface area contributed by atoms with Gasteiger partial charge in [-0.3, -0.25) is 0 Å². The van der Waals surface area contributed by atoms with Crippen LogP contribution >= 0.6 is 35.6 Å². The van der Waals surface area contributed by atoms with Crippen molar-refractivity contribution in [2.45, 2.75) is 13.2 Å². The van der Waals surface area contributed by atoms with Crippen molar-refractivity contribution in [3.63, 3.8) is 0 Å². The molecular formula is C18H20Cl3NO2. The lowest BCUT2D eigenvalue weighted by atomic mass is 10.2. The van der Waals surface area contributed by atoms with E-state index < -0.39 is 0 Å². The largest absolute Gasteiger partial charge is 0.493 e. The Bertz CT molecular complexity index is 657. The minimum atomic E-state index is 0. The molecule has 0 unspecified atom stereocenters. The molecular weight excluding hydrogens is 369 g/mol. The van der Waals surface area contributed by atoms with Gasteiger partial charge in [0, 0.05) is 28.7 Å². The van der Waals surface area contributed by atoms with Crippen molar-refractivity contribution in [2.24, 2.45) is 0 Å². The van der Waals surface area contributed by atoms with Crippen LogP contribution in [0.4, 0.5) is 0 Å². The van der Waals surface area contributed by atoms with E-state index in [2.05, 4.69) is 11.9 Å². The maximum atomic E-state index is 6.15. The molecule has 0 atom stereocenters. The first kappa shape index (κ1) is 20.7. The summed E-state index contributed by atoms with van der Waals surface area (Å²) in [5.74, 6) is 1.32. The van der Waals surface area contributed by atoms with Gasteiger partial charge < -0.3 is 14.8 Å². The Morgan fingerprint density at radius 3 is 2.46 bits per heavy atom. The number of ether oxygens (including phenoxy) is 2. The minimum Gasteiger partial charge on any atom is -0.493 e. The second-order valence-corrected chi connectivity index (χ2v) is 5.71. The quantitative estimate of drug-likeness (QED) is 0.493. The van der Waals surface area contributed by atoms with Crippen molar-refractivity contribution < 1.29 is 9.47 Å². The molecule has 1 N–H and O–H groups in total. The number of rotatable bonds is 8. The zero-order chi connectivity index (χ0) is 16.7. The molecule has 130 valence electrons. The van der Waals surface area contributed by atoms with Crippen molar-refractivity contribution in [3.05, 3.63) is 70.2 Å². The fraction of sp³-hybridized carbons (Fsp3) is 0.222. The van der Waals surface area contributed by atoms with Crippen LogP contribution in [0.1, 0.15) is 11.1 Å². The molecule has 0 bridgehead atoms. The number of nitrogens with one attached hydrogen (secondary N) is 1. The van der Waals surface area contributed by atoms with Gasteiger partial charge in [-0.15, -0.1) is 19.0 Å². The predicted molar refractivity (Wildman–Crippen MR) is 103 cm³/mol. The van der Waals surface area contributed by atoms with E-state index in [9.17, 15) is 0 Å². The molecule has 3 nitrogen and oxygen atoms in total. The summed E-state index contributed by atoms with van der Waals surface area (Å²) < 4.78 is 11.2. The van der Waals surface area contributed by atoms with E-state index in [-0.39, 0.29) is 19.0 Å². The topological polar surface area (TPSA) is 30.5 Å². The first-order chi connectivity index (χ1) is 11.2. The molecule has 0 radical (unpaired) electrons. The van der Waals surface area contributed by atoms with Crippen molar-refractivity contribution in [1.82, 2.24) is 5.32 Å². The molecule has 0 fully saturated rings. The van der Waals surface area contributed by atoms with Gasteiger partial charge in [-0.05, 0) is 29.8 Å². The van der Waals surface area contributed by atoms with Crippen LogP contribution in [-0.4, -0.2) is 13.7 Å². The van der Waals surface area contributed by atoms with Crippen LogP contribution in [0.5, 0.6) is 11.5 Å². The van der Waals surface area contributed by atoms with E-state index in [1.807, 2.05) is 24.3 Å². The highest BCUT2D eigenvalue weighted by molar-refractivity contribution is 6.35. The van der Waals surface area contributed by atoms with Crippen molar-refractivity contribution >= 4 is 35.6 Å². The number of benzene rings is 2. The van der Waals surface area contributed by atoms with Crippen molar-refractivity contribution in [3.8, 4) is 11.5 Å². The SMILES string of the molecule is C=CCNCc1ccc(OCc2c(Cl)cccc2Cl)c(OC)c1.Cl. The number of halogens is 3. The van der Waals surface area contributed by atoms with Gasteiger partial charge >= 0.3 is 0 Å². The summed E-state index contributed by atoms with van der Waals surface area (Å²) in [4.78, 5) is 0. The third kappa shape index (κ3) is 5.60. The third-order valence-corrected chi connectivity index (χ3v) is 3.99. The molecule has 0 saturated heterocycles. The van der Waals surface area contributed by atoms with Gasteiger partial charge in [-0.2, -0.15) is 0 Å². The molecule has 0 aliphatic rings. The van der Waals surface area contributed by atoms with Crippen LogP contribution in [0, 0.1) is 0 Å². The molecule has 0 aliphatic heterocycles. The Labute approximate surface area is 159 Å². The highest BCUT2D eigenvalue weighted by atomic mass is 35.5. The molecule has 0 aliphatic carbocycles. The molecule has 0 heterocycles. The number of hydrogen-bond donors (Lipinski definition) is 1. The van der Waals surface area contributed by atoms with E-state index in [0.29, 0.717) is 21.5 Å². The summed E-state index contributed by atoms with van der Waals surface area (Å²) in [6.45, 7) is 5.45. The molecule has 0 aromatic heterocycles. The summed E-state index contributed by atoms with van der Waals surface area (Å²) in [5.41, 5.74) is 1.86. The van der Waals surface area contributed by atoms with Gasteiger partial charge in [0.25, 0.3) is 0 Å². The molecule has 0 spiro atoms. The van der Waals surface area contributed by atoms with Gasteiger partial charge in [0.05, 0.1) is 7.11 Å². The van der Waals surface area contributed by atoms with E-state index in [1.165, 1.54) is 0 Å². The Morgan fingerprint density at radius 2 is 1.83 bits per heavy atom. The van der Waals surface area contributed by atoms with Crippen LogP contribution in [-0.2, 0) is 13.2 Å².